The maximum Gasteiger partial charge on any atom is 0.164 e. The molecule has 1 spiro atoms. The van der Waals surface area contributed by atoms with E-state index >= 15 is 0 Å². The number of nitrogens with zero attached hydrogens (tertiary/aromatic N) is 4. The highest BCUT2D eigenvalue weighted by molar-refractivity contribution is 7.99. The zero-order chi connectivity index (χ0) is 35.6. The second-order valence-electron chi connectivity index (χ2n) is 13.8. The van der Waals surface area contributed by atoms with Gasteiger partial charge in [0.15, 0.2) is 17.5 Å². The molecular formula is C49H30N4S. The third-order valence-corrected chi connectivity index (χ3v) is 12.0. The smallest absolute Gasteiger partial charge is 0.164 e. The van der Waals surface area contributed by atoms with Crippen LogP contribution >= 0.6 is 11.8 Å². The fraction of sp³-hybridized carbons (Fsp3) is 0.0204. The van der Waals surface area contributed by atoms with Gasteiger partial charge >= 0.3 is 0 Å². The highest BCUT2D eigenvalue weighted by atomic mass is 32.2. The molecule has 3 heterocycles. The molecule has 0 amide bonds. The van der Waals surface area contributed by atoms with Gasteiger partial charge in [-0.3, -0.25) is 4.98 Å². The van der Waals surface area contributed by atoms with E-state index < -0.39 is 5.41 Å². The van der Waals surface area contributed by atoms with Gasteiger partial charge in [-0.1, -0.05) is 151 Å². The van der Waals surface area contributed by atoms with Crippen LogP contribution in [0.5, 0.6) is 0 Å². The first kappa shape index (κ1) is 30.9. The van der Waals surface area contributed by atoms with Crippen molar-refractivity contribution in [3.63, 3.8) is 0 Å². The van der Waals surface area contributed by atoms with Crippen molar-refractivity contribution in [1.29, 1.82) is 0 Å². The molecule has 1 aliphatic heterocycles. The Labute approximate surface area is 317 Å². The maximum absolute atomic E-state index is 5.15. The Morgan fingerprint density at radius 2 is 0.907 bits per heavy atom. The van der Waals surface area contributed by atoms with Crippen LogP contribution in [-0.2, 0) is 5.41 Å². The molecule has 0 radical (unpaired) electrons. The fourth-order valence-electron chi connectivity index (χ4n) is 8.50. The van der Waals surface area contributed by atoms with Crippen molar-refractivity contribution in [2.45, 2.75) is 15.2 Å². The Morgan fingerprint density at radius 1 is 0.370 bits per heavy atom. The van der Waals surface area contributed by atoms with E-state index in [0.29, 0.717) is 17.5 Å². The van der Waals surface area contributed by atoms with E-state index in [0.717, 1.165) is 27.6 Å². The maximum atomic E-state index is 5.15. The monoisotopic (exact) mass is 706 g/mol. The molecule has 2 aliphatic rings. The van der Waals surface area contributed by atoms with Crippen LogP contribution in [-0.4, -0.2) is 19.9 Å². The van der Waals surface area contributed by atoms with Crippen LogP contribution < -0.4 is 0 Å². The number of hydrogen-bond donors (Lipinski definition) is 0. The van der Waals surface area contributed by atoms with E-state index in [1.165, 1.54) is 54.3 Å². The summed E-state index contributed by atoms with van der Waals surface area (Å²) in [5, 5.41) is 1.14. The van der Waals surface area contributed by atoms with Crippen LogP contribution in [0.1, 0.15) is 22.3 Å². The summed E-state index contributed by atoms with van der Waals surface area (Å²) in [6.45, 7) is 0. The Hall–Kier alpha value is -6.69. The zero-order valence-electron chi connectivity index (χ0n) is 29.0. The zero-order valence-corrected chi connectivity index (χ0v) is 29.8. The normalized spacial score (nSPS) is 13.3. The fourth-order valence-corrected chi connectivity index (χ4v) is 9.69. The van der Waals surface area contributed by atoms with Gasteiger partial charge in [-0.15, -0.1) is 0 Å². The van der Waals surface area contributed by atoms with Crippen molar-refractivity contribution >= 4 is 22.7 Å². The molecule has 54 heavy (non-hydrogen) atoms. The van der Waals surface area contributed by atoms with Gasteiger partial charge < -0.3 is 0 Å². The van der Waals surface area contributed by atoms with Crippen molar-refractivity contribution in [2.75, 3.05) is 0 Å². The van der Waals surface area contributed by atoms with Crippen molar-refractivity contribution in [1.82, 2.24) is 19.9 Å². The molecule has 5 heteroatoms. The molecule has 0 saturated carbocycles. The van der Waals surface area contributed by atoms with Crippen molar-refractivity contribution in [3.05, 3.63) is 204 Å². The van der Waals surface area contributed by atoms with Crippen LogP contribution in [0.4, 0.5) is 0 Å². The van der Waals surface area contributed by atoms with Crippen molar-refractivity contribution in [2.24, 2.45) is 0 Å². The second-order valence-corrected chi connectivity index (χ2v) is 14.9. The summed E-state index contributed by atoms with van der Waals surface area (Å²) in [7, 11) is 0. The van der Waals surface area contributed by atoms with E-state index in [-0.39, 0.29) is 0 Å². The average molecular weight is 707 g/mol. The number of aromatic nitrogens is 4. The van der Waals surface area contributed by atoms with E-state index in [1.807, 2.05) is 60.4 Å². The highest BCUT2D eigenvalue weighted by Crippen LogP contribution is 2.63. The van der Waals surface area contributed by atoms with E-state index in [2.05, 4.69) is 138 Å². The predicted molar refractivity (Wildman–Crippen MR) is 218 cm³/mol. The molecule has 0 fully saturated rings. The molecule has 11 rings (SSSR count). The van der Waals surface area contributed by atoms with Crippen LogP contribution in [0.25, 0.3) is 67.3 Å². The van der Waals surface area contributed by atoms with Gasteiger partial charge in [0.25, 0.3) is 0 Å². The molecule has 4 nitrogen and oxygen atoms in total. The molecule has 9 aromatic rings. The van der Waals surface area contributed by atoms with Gasteiger partial charge in [0.1, 0.15) is 0 Å². The summed E-state index contributed by atoms with van der Waals surface area (Å²) >= 11 is 1.85. The molecule has 7 aromatic carbocycles. The molecule has 0 bridgehead atoms. The van der Waals surface area contributed by atoms with Gasteiger partial charge in [0.2, 0.25) is 0 Å². The lowest BCUT2D eigenvalue weighted by Crippen LogP contribution is -2.32. The summed E-state index contributed by atoms with van der Waals surface area (Å²) in [6, 6.07) is 62.6. The number of fused-ring (bicyclic) bond motifs is 10. The lowest BCUT2D eigenvalue weighted by atomic mass is 9.67. The van der Waals surface area contributed by atoms with Crippen molar-refractivity contribution < 1.29 is 0 Å². The van der Waals surface area contributed by atoms with E-state index in [9.17, 15) is 0 Å². The molecule has 0 atom stereocenters. The minimum absolute atomic E-state index is 0.574. The standard InChI is InChI=1S/C49H30N4S/c1-3-13-31(14-4-1)46-51-47(32-15-5-2-6-16-32)53-48(52-46)34-25-27-37-36-26-24-33(35-17-11-21-43-38(35)18-12-28-50-43)29-41(36)49(42(37)30-34)39-19-7-9-22-44(39)54-45-23-10-8-20-40(45)49/h1-30H. The molecule has 252 valence electrons. The largest absolute Gasteiger partial charge is 0.256 e. The Kier molecular flexibility index (Phi) is 6.97. The van der Waals surface area contributed by atoms with Crippen LogP contribution in [0, 0.1) is 0 Å². The minimum Gasteiger partial charge on any atom is -0.256 e. The number of benzene rings is 7. The lowest BCUT2D eigenvalue weighted by molar-refractivity contribution is 0.722. The Bertz CT molecular complexity index is 2810. The van der Waals surface area contributed by atoms with Gasteiger partial charge in [-0.05, 0) is 80.9 Å². The molecule has 0 unspecified atom stereocenters. The summed E-state index contributed by atoms with van der Waals surface area (Å²) in [4.78, 5) is 22.5. The SMILES string of the molecule is c1ccc(-c2nc(-c3ccccc3)nc(-c3ccc4c(c3)C3(c5ccccc5Sc5ccccc53)c3cc(-c5cccc6ncccc56)ccc3-4)n2)cc1. The summed E-state index contributed by atoms with van der Waals surface area (Å²) in [5.74, 6) is 1.95. The second kappa shape index (κ2) is 12.2. The number of pyridine rings is 1. The average Bonchev–Trinajstić information content (AvgIpc) is 3.53. The van der Waals surface area contributed by atoms with Gasteiger partial charge in [0, 0.05) is 38.1 Å². The first-order chi connectivity index (χ1) is 26.8. The molecular weight excluding hydrogens is 677 g/mol. The number of hydrogen-bond acceptors (Lipinski definition) is 5. The third-order valence-electron chi connectivity index (χ3n) is 10.9. The predicted octanol–water partition coefficient (Wildman–Crippen LogP) is 11.9. The molecule has 0 saturated heterocycles. The Balaban J connectivity index is 1.19. The summed E-state index contributed by atoms with van der Waals surface area (Å²) in [6.07, 6.45) is 1.86. The van der Waals surface area contributed by atoms with Crippen LogP contribution in [0.3, 0.4) is 0 Å². The van der Waals surface area contributed by atoms with Gasteiger partial charge in [-0.2, -0.15) is 0 Å². The quantitative estimate of drug-likeness (QED) is 0.182. The van der Waals surface area contributed by atoms with E-state index in [1.54, 1.807) is 0 Å². The minimum atomic E-state index is -0.574. The summed E-state index contributed by atoms with van der Waals surface area (Å²) < 4.78 is 0. The highest BCUT2D eigenvalue weighted by Gasteiger charge is 2.50. The molecule has 2 aromatic heterocycles. The molecule has 0 N–H and O–H groups in total. The lowest BCUT2D eigenvalue weighted by Gasteiger charge is -2.39. The van der Waals surface area contributed by atoms with Gasteiger partial charge in [-0.25, -0.2) is 15.0 Å². The first-order valence-electron chi connectivity index (χ1n) is 18.1. The van der Waals surface area contributed by atoms with Gasteiger partial charge in [0.05, 0.1) is 10.9 Å². The summed E-state index contributed by atoms with van der Waals surface area (Å²) in [5.41, 5.74) is 13.2. The Morgan fingerprint density at radius 3 is 1.54 bits per heavy atom. The third kappa shape index (κ3) is 4.65. The van der Waals surface area contributed by atoms with Crippen molar-refractivity contribution in [3.8, 4) is 56.4 Å². The van der Waals surface area contributed by atoms with Crippen LogP contribution in [0.2, 0.25) is 0 Å². The number of rotatable bonds is 4. The molecule has 1 aliphatic carbocycles. The van der Waals surface area contributed by atoms with E-state index in [4.69, 9.17) is 15.0 Å². The van der Waals surface area contributed by atoms with Crippen LogP contribution in [0.15, 0.2) is 192 Å². The first-order valence-corrected chi connectivity index (χ1v) is 18.9. The topological polar surface area (TPSA) is 51.6 Å².